The van der Waals surface area contributed by atoms with Gasteiger partial charge in [0.05, 0.1) is 19.4 Å². The number of unbranched alkanes of at least 4 members (excludes halogenated alkanes) is 1. The Kier molecular flexibility index (Phi) is 10.2. The minimum Gasteiger partial charge on any atom is -0.481 e. The monoisotopic (exact) mass is 419 g/mol. The molecule has 0 aliphatic carbocycles. The average Bonchev–Trinajstić information content (AvgIpc) is 2.76. The molecule has 0 unspecified atom stereocenters. The van der Waals surface area contributed by atoms with Gasteiger partial charge in [-0.25, -0.2) is 4.79 Å². The molecule has 1 aromatic rings. The van der Waals surface area contributed by atoms with Crippen molar-refractivity contribution in [3.8, 4) is 0 Å². The van der Waals surface area contributed by atoms with Crippen LogP contribution < -0.4 is 0 Å². The van der Waals surface area contributed by atoms with E-state index in [2.05, 4.69) is 6.92 Å². The minimum atomic E-state index is -0.990. The van der Waals surface area contributed by atoms with Gasteiger partial charge in [0.2, 0.25) is 0 Å². The fraction of sp³-hybridized carbons (Fsp3) is 0.609. The Hall–Kier alpha value is -2.57. The van der Waals surface area contributed by atoms with E-state index in [4.69, 9.17) is 14.6 Å². The first-order valence-electron chi connectivity index (χ1n) is 10.8. The predicted octanol–water partition coefficient (Wildman–Crippen LogP) is 4.25. The van der Waals surface area contributed by atoms with Crippen molar-refractivity contribution < 1.29 is 29.0 Å². The standard InChI is InChI=1S/C23H33NO6/c1-18(7-5-6-16-29-22(27)11-10-21(25)26)20-12-14-24(15-13-20)23(28)30-17-19-8-3-2-4-9-19/h2-4,8-9,18,20H,5-7,10-17H2,1H3,(H,25,26)/t18-/m1/s1. The number of piperidine rings is 1. The number of nitrogens with zero attached hydrogens (tertiary/aromatic N) is 1. The maximum absolute atomic E-state index is 12.3. The SMILES string of the molecule is C[C@H](CCCCOC(=O)CCC(=O)O)C1CCN(C(=O)OCc2ccccc2)CC1. The fourth-order valence-electron chi connectivity index (χ4n) is 3.73. The third kappa shape index (κ3) is 8.84. The van der Waals surface area contributed by atoms with Crippen LogP contribution in [0.4, 0.5) is 4.79 Å². The van der Waals surface area contributed by atoms with Crippen LogP contribution in [-0.2, 0) is 25.7 Å². The van der Waals surface area contributed by atoms with Gasteiger partial charge in [0, 0.05) is 13.1 Å². The molecule has 1 amide bonds. The molecular weight excluding hydrogens is 386 g/mol. The molecule has 0 radical (unpaired) electrons. The highest BCUT2D eigenvalue weighted by Crippen LogP contribution is 2.28. The lowest BCUT2D eigenvalue weighted by Crippen LogP contribution is -2.40. The van der Waals surface area contributed by atoms with Crippen LogP contribution >= 0.6 is 0 Å². The third-order valence-electron chi connectivity index (χ3n) is 5.67. The lowest BCUT2D eigenvalue weighted by molar-refractivity contribution is -0.147. The highest BCUT2D eigenvalue weighted by Gasteiger charge is 2.26. The van der Waals surface area contributed by atoms with Gasteiger partial charge in [-0.05, 0) is 43.1 Å². The number of hydrogen-bond acceptors (Lipinski definition) is 5. The highest BCUT2D eigenvalue weighted by molar-refractivity contribution is 5.76. The lowest BCUT2D eigenvalue weighted by Gasteiger charge is -2.34. The number of carbonyl (C=O) groups excluding carboxylic acids is 2. The third-order valence-corrected chi connectivity index (χ3v) is 5.67. The van der Waals surface area contributed by atoms with Crippen molar-refractivity contribution in [3.05, 3.63) is 35.9 Å². The zero-order valence-corrected chi connectivity index (χ0v) is 17.8. The molecule has 1 aliphatic rings. The second-order valence-corrected chi connectivity index (χ2v) is 7.95. The zero-order chi connectivity index (χ0) is 21.8. The van der Waals surface area contributed by atoms with Crippen molar-refractivity contribution in [2.75, 3.05) is 19.7 Å². The van der Waals surface area contributed by atoms with Crippen molar-refractivity contribution in [1.29, 1.82) is 0 Å². The summed E-state index contributed by atoms with van der Waals surface area (Å²) in [7, 11) is 0. The molecule has 1 aliphatic heterocycles. The molecule has 1 fully saturated rings. The summed E-state index contributed by atoms with van der Waals surface area (Å²) in [6.07, 6.45) is 4.26. The summed E-state index contributed by atoms with van der Waals surface area (Å²) in [5, 5.41) is 8.54. The lowest BCUT2D eigenvalue weighted by atomic mass is 9.83. The summed E-state index contributed by atoms with van der Waals surface area (Å²) in [6.45, 7) is 4.34. The van der Waals surface area contributed by atoms with Crippen LogP contribution in [0.5, 0.6) is 0 Å². The van der Waals surface area contributed by atoms with Gasteiger partial charge in [0.25, 0.3) is 0 Å². The summed E-state index contributed by atoms with van der Waals surface area (Å²) in [6, 6.07) is 9.68. The van der Waals surface area contributed by atoms with Gasteiger partial charge < -0.3 is 19.5 Å². The molecular formula is C23H33NO6. The van der Waals surface area contributed by atoms with Gasteiger partial charge in [0.15, 0.2) is 0 Å². The molecule has 30 heavy (non-hydrogen) atoms. The van der Waals surface area contributed by atoms with Crippen LogP contribution in [0, 0.1) is 11.8 Å². The Morgan fingerprint density at radius 2 is 1.77 bits per heavy atom. The van der Waals surface area contributed by atoms with Gasteiger partial charge in [-0.1, -0.05) is 43.7 Å². The summed E-state index contributed by atoms with van der Waals surface area (Å²) in [5.41, 5.74) is 0.988. The molecule has 0 saturated carbocycles. The number of carboxylic acids is 1. The van der Waals surface area contributed by atoms with Crippen molar-refractivity contribution in [1.82, 2.24) is 4.90 Å². The molecule has 0 bridgehead atoms. The van der Waals surface area contributed by atoms with E-state index < -0.39 is 11.9 Å². The van der Waals surface area contributed by atoms with Crippen molar-refractivity contribution in [2.24, 2.45) is 11.8 Å². The van der Waals surface area contributed by atoms with Gasteiger partial charge in [-0.2, -0.15) is 0 Å². The largest absolute Gasteiger partial charge is 0.481 e. The van der Waals surface area contributed by atoms with Crippen molar-refractivity contribution in [3.63, 3.8) is 0 Å². The van der Waals surface area contributed by atoms with Crippen molar-refractivity contribution in [2.45, 2.75) is 58.5 Å². The van der Waals surface area contributed by atoms with Crippen molar-refractivity contribution >= 4 is 18.0 Å². The second kappa shape index (κ2) is 12.9. The van der Waals surface area contributed by atoms with E-state index in [9.17, 15) is 14.4 Å². The minimum absolute atomic E-state index is 0.0713. The maximum Gasteiger partial charge on any atom is 0.410 e. The number of ether oxygens (including phenoxy) is 2. The van der Waals surface area contributed by atoms with Gasteiger partial charge in [-0.3, -0.25) is 9.59 Å². The van der Waals surface area contributed by atoms with Crippen LogP contribution in [0.1, 0.15) is 57.4 Å². The summed E-state index contributed by atoms with van der Waals surface area (Å²) in [5.74, 6) is -0.301. The van der Waals surface area contributed by atoms with Crippen LogP contribution in [0.2, 0.25) is 0 Å². The Morgan fingerprint density at radius 3 is 2.43 bits per heavy atom. The molecule has 2 rings (SSSR count). The summed E-state index contributed by atoms with van der Waals surface area (Å²) >= 11 is 0. The first kappa shape index (κ1) is 23.7. The van der Waals surface area contributed by atoms with Crippen LogP contribution in [0.3, 0.4) is 0 Å². The van der Waals surface area contributed by atoms with E-state index in [1.54, 1.807) is 4.90 Å². The molecule has 1 saturated heterocycles. The van der Waals surface area contributed by atoms with Gasteiger partial charge >= 0.3 is 18.0 Å². The number of carboxylic acid groups (broad SMARTS) is 1. The number of carbonyl (C=O) groups is 3. The molecule has 0 spiro atoms. The molecule has 1 aromatic carbocycles. The van der Waals surface area contributed by atoms with E-state index in [-0.39, 0.29) is 18.9 Å². The number of benzene rings is 1. The quantitative estimate of drug-likeness (QED) is 0.426. The molecule has 166 valence electrons. The predicted molar refractivity (Wildman–Crippen MR) is 112 cm³/mol. The highest BCUT2D eigenvalue weighted by atomic mass is 16.6. The number of likely N-dealkylation sites (tertiary alicyclic amines) is 1. The zero-order valence-electron chi connectivity index (χ0n) is 17.8. The first-order valence-corrected chi connectivity index (χ1v) is 10.8. The molecule has 1 N–H and O–H groups in total. The van der Waals surface area contributed by atoms with E-state index in [0.717, 1.165) is 50.8 Å². The summed E-state index contributed by atoms with van der Waals surface area (Å²) < 4.78 is 10.5. The van der Waals surface area contributed by atoms with Crippen LogP contribution in [0.25, 0.3) is 0 Å². The Balaban J connectivity index is 1.55. The molecule has 0 aromatic heterocycles. The first-order chi connectivity index (χ1) is 14.5. The molecule has 1 atom stereocenters. The Labute approximate surface area is 178 Å². The smallest absolute Gasteiger partial charge is 0.410 e. The Bertz CT molecular complexity index is 670. The molecule has 7 nitrogen and oxygen atoms in total. The van der Waals surface area contributed by atoms with Gasteiger partial charge in [-0.15, -0.1) is 0 Å². The average molecular weight is 420 g/mol. The molecule has 7 heteroatoms. The number of rotatable bonds is 11. The van der Waals surface area contributed by atoms with E-state index in [1.807, 2.05) is 30.3 Å². The second-order valence-electron chi connectivity index (χ2n) is 7.95. The maximum atomic E-state index is 12.3. The van der Waals surface area contributed by atoms with Crippen LogP contribution in [-0.4, -0.2) is 47.7 Å². The molecule has 1 heterocycles. The van der Waals surface area contributed by atoms with E-state index in [1.165, 1.54) is 0 Å². The topological polar surface area (TPSA) is 93.1 Å². The van der Waals surface area contributed by atoms with E-state index >= 15 is 0 Å². The fourth-order valence-corrected chi connectivity index (χ4v) is 3.73. The summed E-state index contributed by atoms with van der Waals surface area (Å²) in [4.78, 5) is 35.8. The number of hydrogen-bond donors (Lipinski definition) is 1. The van der Waals surface area contributed by atoms with Gasteiger partial charge in [0.1, 0.15) is 6.61 Å². The number of amides is 1. The van der Waals surface area contributed by atoms with E-state index in [0.29, 0.717) is 25.0 Å². The normalized spacial score (nSPS) is 15.4. The van der Waals surface area contributed by atoms with Crippen LogP contribution in [0.15, 0.2) is 30.3 Å². The Morgan fingerprint density at radius 1 is 1.07 bits per heavy atom. The number of esters is 1. The number of aliphatic carboxylic acids is 1.